The summed E-state index contributed by atoms with van der Waals surface area (Å²) in [5, 5.41) is 12.4. The van der Waals surface area contributed by atoms with Crippen molar-refractivity contribution in [2.24, 2.45) is 11.7 Å². The molecule has 0 saturated heterocycles. The number of hydrogen-bond acceptors (Lipinski definition) is 3. The largest absolute Gasteiger partial charge is 0.506 e. The molecular formula is C14H22N2O2. The van der Waals surface area contributed by atoms with Crippen molar-refractivity contribution < 1.29 is 9.90 Å². The minimum absolute atomic E-state index is 0.0669. The number of aromatic hydroxyl groups is 1. The number of amides is 1. The van der Waals surface area contributed by atoms with Crippen LogP contribution in [-0.4, -0.2) is 17.1 Å². The summed E-state index contributed by atoms with van der Waals surface area (Å²) in [6, 6.07) is 4.64. The van der Waals surface area contributed by atoms with E-state index in [0.29, 0.717) is 18.0 Å². The molecule has 0 aliphatic carbocycles. The average molecular weight is 250 g/mol. The maximum Gasteiger partial charge on any atom is 0.241 e. The molecule has 4 nitrogen and oxygen atoms in total. The SMILES string of the molecule is CCc1ccc(O)c(NC(=O)C(N)CC(C)C)c1. The molecule has 0 spiro atoms. The predicted molar refractivity (Wildman–Crippen MR) is 73.5 cm³/mol. The first-order valence-corrected chi connectivity index (χ1v) is 6.32. The zero-order valence-corrected chi connectivity index (χ0v) is 11.2. The maximum absolute atomic E-state index is 11.9. The van der Waals surface area contributed by atoms with Crippen LogP contribution in [0.15, 0.2) is 18.2 Å². The monoisotopic (exact) mass is 250 g/mol. The molecular weight excluding hydrogens is 228 g/mol. The van der Waals surface area contributed by atoms with Crippen molar-refractivity contribution in [3.63, 3.8) is 0 Å². The third kappa shape index (κ3) is 4.04. The number of benzene rings is 1. The summed E-state index contributed by atoms with van der Waals surface area (Å²) in [5.74, 6) is 0.172. The van der Waals surface area contributed by atoms with Crippen LogP contribution >= 0.6 is 0 Å². The van der Waals surface area contributed by atoms with E-state index in [1.807, 2.05) is 26.8 Å². The number of hydrogen-bond donors (Lipinski definition) is 3. The molecule has 0 aliphatic heterocycles. The van der Waals surface area contributed by atoms with Crippen LogP contribution in [0.4, 0.5) is 5.69 Å². The Balaban J connectivity index is 2.74. The van der Waals surface area contributed by atoms with E-state index in [9.17, 15) is 9.90 Å². The lowest BCUT2D eigenvalue weighted by Gasteiger charge is -2.15. The van der Waals surface area contributed by atoms with E-state index < -0.39 is 6.04 Å². The lowest BCUT2D eigenvalue weighted by molar-refractivity contribution is -0.117. The van der Waals surface area contributed by atoms with Gasteiger partial charge >= 0.3 is 0 Å². The van der Waals surface area contributed by atoms with Crippen LogP contribution in [0.3, 0.4) is 0 Å². The van der Waals surface area contributed by atoms with Crippen LogP contribution in [0.2, 0.25) is 0 Å². The van der Waals surface area contributed by atoms with Gasteiger partial charge in [-0.25, -0.2) is 0 Å². The second-order valence-electron chi connectivity index (χ2n) is 4.93. The summed E-state index contributed by atoms with van der Waals surface area (Å²) in [4.78, 5) is 11.9. The highest BCUT2D eigenvalue weighted by atomic mass is 16.3. The van der Waals surface area contributed by atoms with Crippen LogP contribution in [-0.2, 0) is 11.2 Å². The van der Waals surface area contributed by atoms with Gasteiger partial charge in [-0.1, -0.05) is 26.8 Å². The van der Waals surface area contributed by atoms with E-state index in [2.05, 4.69) is 5.32 Å². The Morgan fingerprint density at radius 2 is 2.11 bits per heavy atom. The van der Waals surface area contributed by atoms with Gasteiger partial charge in [0.1, 0.15) is 5.75 Å². The number of carbonyl (C=O) groups is 1. The van der Waals surface area contributed by atoms with Crippen molar-refractivity contribution in [3.8, 4) is 5.75 Å². The molecule has 0 saturated carbocycles. The van der Waals surface area contributed by atoms with Gasteiger partial charge in [-0.15, -0.1) is 0 Å². The number of phenolic OH excluding ortho intramolecular Hbond substituents is 1. The molecule has 0 heterocycles. The Morgan fingerprint density at radius 1 is 1.44 bits per heavy atom. The summed E-state index contributed by atoms with van der Waals surface area (Å²) < 4.78 is 0. The Hall–Kier alpha value is -1.55. The molecule has 0 bridgehead atoms. The van der Waals surface area contributed by atoms with Crippen molar-refractivity contribution in [1.29, 1.82) is 0 Å². The highest BCUT2D eigenvalue weighted by Crippen LogP contribution is 2.24. The molecule has 0 radical (unpaired) electrons. The molecule has 1 aromatic carbocycles. The van der Waals surface area contributed by atoms with Crippen LogP contribution in [0, 0.1) is 5.92 Å². The highest BCUT2D eigenvalue weighted by molar-refractivity contribution is 5.95. The first kappa shape index (κ1) is 14.5. The third-order valence-electron chi connectivity index (χ3n) is 2.79. The summed E-state index contributed by atoms with van der Waals surface area (Å²) in [5.41, 5.74) is 7.28. The maximum atomic E-state index is 11.9. The van der Waals surface area contributed by atoms with Crippen molar-refractivity contribution in [2.75, 3.05) is 5.32 Å². The minimum atomic E-state index is -0.547. The standard InChI is InChI=1S/C14H22N2O2/c1-4-10-5-6-13(17)12(8-10)16-14(18)11(15)7-9(2)3/h5-6,8-9,11,17H,4,7,15H2,1-3H3,(H,16,18). The molecule has 1 aromatic rings. The normalized spacial score (nSPS) is 12.5. The van der Waals surface area contributed by atoms with Gasteiger partial charge in [0, 0.05) is 0 Å². The van der Waals surface area contributed by atoms with E-state index in [0.717, 1.165) is 12.0 Å². The van der Waals surface area contributed by atoms with Crippen LogP contribution in [0.5, 0.6) is 5.75 Å². The van der Waals surface area contributed by atoms with Gasteiger partial charge in [-0.3, -0.25) is 4.79 Å². The molecule has 1 atom stereocenters. The van der Waals surface area contributed by atoms with Gasteiger partial charge in [0.15, 0.2) is 0 Å². The lowest BCUT2D eigenvalue weighted by atomic mass is 10.0. The summed E-state index contributed by atoms with van der Waals surface area (Å²) in [7, 11) is 0. The van der Waals surface area contributed by atoms with E-state index in [-0.39, 0.29) is 11.7 Å². The summed E-state index contributed by atoms with van der Waals surface area (Å²) >= 11 is 0. The third-order valence-corrected chi connectivity index (χ3v) is 2.79. The van der Waals surface area contributed by atoms with E-state index >= 15 is 0 Å². The van der Waals surface area contributed by atoms with Crippen LogP contribution in [0.25, 0.3) is 0 Å². The second kappa shape index (κ2) is 6.40. The number of nitrogens with one attached hydrogen (secondary N) is 1. The summed E-state index contributed by atoms with van der Waals surface area (Å²) in [6.45, 7) is 6.05. The van der Waals surface area contributed by atoms with Crippen molar-refractivity contribution >= 4 is 11.6 Å². The first-order chi connectivity index (χ1) is 8.43. The minimum Gasteiger partial charge on any atom is -0.506 e. The highest BCUT2D eigenvalue weighted by Gasteiger charge is 2.16. The molecule has 4 heteroatoms. The van der Waals surface area contributed by atoms with Crippen molar-refractivity contribution in [3.05, 3.63) is 23.8 Å². The van der Waals surface area contributed by atoms with Crippen molar-refractivity contribution in [2.45, 2.75) is 39.7 Å². The van der Waals surface area contributed by atoms with Gasteiger partial charge in [0.05, 0.1) is 11.7 Å². The Bertz CT molecular complexity index is 416. The molecule has 1 amide bonds. The van der Waals surface area contributed by atoms with Gasteiger partial charge < -0.3 is 16.2 Å². The Labute approximate surface area is 108 Å². The molecule has 0 fully saturated rings. The predicted octanol–water partition coefficient (Wildman–Crippen LogP) is 2.27. The molecule has 0 aromatic heterocycles. The fraction of sp³-hybridized carbons (Fsp3) is 0.500. The van der Waals surface area contributed by atoms with Gasteiger partial charge in [-0.2, -0.15) is 0 Å². The number of carbonyl (C=O) groups excluding carboxylic acids is 1. The number of aryl methyl sites for hydroxylation is 1. The first-order valence-electron chi connectivity index (χ1n) is 6.32. The quantitative estimate of drug-likeness (QED) is 0.702. The van der Waals surface area contributed by atoms with E-state index in [1.54, 1.807) is 12.1 Å². The average Bonchev–Trinajstić information content (AvgIpc) is 2.31. The van der Waals surface area contributed by atoms with Crippen LogP contribution < -0.4 is 11.1 Å². The van der Waals surface area contributed by atoms with E-state index in [4.69, 9.17) is 5.73 Å². The molecule has 100 valence electrons. The number of nitrogens with two attached hydrogens (primary N) is 1. The van der Waals surface area contributed by atoms with Crippen LogP contribution in [0.1, 0.15) is 32.8 Å². The molecule has 1 rings (SSSR count). The zero-order valence-electron chi connectivity index (χ0n) is 11.2. The fourth-order valence-corrected chi connectivity index (χ4v) is 1.74. The summed E-state index contributed by atoms with van der Waals surface area (Å²) in [6.07, 6.45) is 1.47. The Kier molecular flexibility index (Phi) is 5.16. The topological polar surface area (TPSA) is 75.3 Å². The number of anilines is 1. The van der Waals surface area contributed by atoms with Gasteiger partial charge in [-0.05, 0) is 36.5 Å². The molecule has 18 heavy (non-hydrogen) atoms. The second-order valence-corrected chi connectivity index (χ2v) is 4.93. The van der Waals surface area contributed by atoms with Gasteiger partial charge in [0.2, 0.25) is 5.91 Å². The zero-order chi connectivity index (χ0) is 13.7. The number of rotatable bonds is 5. The lowest BCUT2D eigenvalue weighted by Crippen LogP contribution is -2.36. The smallest absolute Gasteiger partial charge is 0.241 e. The van der Waals surface area contributed by atoms with Crippen molar-refractivity contribution in [1.82, 2.24) is 0 Å². The Morgan fingerprint density at radius 3 is 2.67 bits per heavy atom. The number of phenols is 1. The molecule has 1 unspecified atom stereocenters. The van der Waals surface area contributed by atoms with Gasteiger partial charge in [0.25, 0.3) is 0 Å². The molecule has 4 N–H and O–H groups in total. The fourth-order valence-electron chi connectivity index (χ4n) is 1.74. The molecule has 0 aliphatic rings. The van der Waals surface area contributed by atoms with E-state index in [1.165, 1.54) is 0 Å².